The zero-order valence-electron chi connectivity index (χ0n) is 22.6. The van der Waals surface area contributed by atoms with Crippen molar-refractivity contribution in [2.75, 3.05) is 18.6 Å². The van der Waals surface area contributed by atoms with Crippen LogP contribution in [0.5, 0.6) is 0 Å². The van der Waals surface area contributed by atoms with E-state index < -0.39 is 78.1 Å². The van der Waals surface area contributed by atoms with E-state index in [1.54, 1.807) is 12.1 Å². The number of benzene rings is 2. The van der Waals surface area contributed by atoms with Gasteiger partial charge in [0.2, 0.25) is 0 Å². The molecule has 0 spiro atoms. The van der Waals surface area contributed by atoms with E-state index in [-0.39, 0.29) is 11.3 Å². The Morgan fingerprint density at radius 1 is 1.23 bits per heavy atom. The molecule has 43 heavy (non-hydrogen) atoms. The molecule has 2 aromatic carbocycles. The minimum absolute atomic E-state index is 0.192. The van der Waals surface area contributed by atoms with Crippen molar-refractivity contribution in [3.63, 3.8) is 0 Å². The maximum Gasteiger partial charge on any atom is 0.259 e. The third-order valence-corrected chi connectivity index (χ3v) is 8.27. The minimum Gasteiger partial charge on any atom is -0.394 e. The van der Waals surface area contributed by atoms with Gasteiger partial charge in [0.05, 0.1) is 36.6 Å². The Morgan fingerprint density at radius 3 is 2.65 bits per heavy atom. The normalized spacial score (nSPS) is 27.2. The van der Waals surface area contributed by atoms with Crippen LogP contribution in [0.3, 0.4) is 0 Å². The van der Waals surface area contributed by atoms with Gasteiger partial charge in [-0.1, -0.05) is 21.1 Å². The zero-order chi connectivity index (χ0) is 31.0. The summed E-state index contributed by atoms with van der Waals surface area (Å²) in [4.78, 5) is 15.7. The number of methoxy groups -OCH3 is 1. The number of anilines is 1. The average molecular weight is 666 g/mol. The monoisotopic (exact) mass is 665 g/mol. The molecule has 1 aliphatic heterocycles. The Balaban J connectivity index is 1.56. The molecule has 7 atom stereocenters. The van der Waals surface area contributed by atoms with Gasteiger partial charge in [-0.2, -0.15) is 5.26 Å². The SMILES string of the molecule is CO[C@@H]1[C@@H](n2cc(-c3ccc(F)c(F)c3F)nn2)[C@@H](O)[C@@H](CO)O[C@H]1C(=O)N(c1cc(Br)cc(C#N)c1)[C@H]1CCC[C@@H]1O. The molecule has 228 valence electrons. The topological polar surface area (TPSA) is 154 Å². The summed E-state index contributed by atoms with van der Waals surface area (Å²) >= 11 is 3.36. The van der Waals surface area contributed by atoms with Gasteiger partial charge in [0.15, 0.2) is 23.6 Å². The Labute approximate surface area is 252 Å². The van der Waals surface area contributed by atoms with Crippen LogP contribution < -0.4 is 4.90 Å². The van der Waals surface area contributed by atoms with Gasteiger partial charge in [0.1, 0.15) is 30.0 Å². The van der Waals surface area contributed by atoms with Gasteiger partial charge >= 0.3 is 0 Å². The summed E-state index contributed by atoms with van der Waals surface area (Å²) in [5.74, 6) is -5.24. The summed E-state index contributed by atoms with van der Waals surface area (Å²) in [5, 5.41) is 49.4. The number of aliphatic hydroxyl groups excluding tert-OH is 3. The Bertz CT molecular complexity index is 1550. The van der Waals surface area contributed by atoms with E-state index in [4.69, 9.17) is 9.47 Å². The van der Waals surface area contributed by atoms with E-state index in [9.17, 15) is 38.5 Å². The van der Waals surface area contributed by atoms with Crippen LogP contribution in [-0.2, 0) is 14.3 Å². The highest BCUT2D eigenvalue weighted by atomic mass is 79.9. The number of hydrogen-bond acceptors (Lipinski definition) is 9. The maximum absolute atomic E-state index is 14.5. The minimum atomic E-state index is -1.69. The van der Waals surface area contributed by atoms with Crippen LogP contribution in [0.2, 0.25) is 0 Å². The largest absolute Gasteiger partial charge is 0.394 e. The van der Waals surface area contributed by atoms with Gasteiger partial charge < -0.3 is 29.7 Å². The van der Waals surface area contributed by atoms with Crippen LogP contribution in [0.15, 0.2) is 41.0 Å². The van der Waals surface area contributed by atoms with Crippen LogP contribution in [0.25, 0.3) is 11.3 Å². The molecule has 3 N–H and O–H groups in total. The van der Waals surface area contributed by atoms with Gasteiger partial charge in [0.25, 0.3) is 5.91 Å². The molecule has 1 amide bonds. The standard InChI is InChI=1S/C28H27BrF3N5O6/c1-42-26-24(36-11-18(34-35-36)16-5-6-17(30)23(32)22(16)31)25(40)21(12-38)43-27(26)28(41)37(19-3-2-4-20(19)39)15-8-13(10-33)7-14(29)9-15/h5-9,11,19-21,24-27,38-40H,2-4,12H2,1H3/t19-,20-,21+,24-,25-,26+,27+/m0/s1. The van der Waals surface area contributed by atoms with E-state index in [0.717, 1.165) is 16.8 Å². The summed E-state index contributed by atoms with van der Waals surface area (Å²) in [6, 6.07) is 6.52. The van der Waals surface area contributed by atoms with E-state index in [2.05, 4.69) is 26.2 Å². The number of rotatable bonds is 7. The highest BCUT2D eigenvalue weighted by Crippen LogP contribution is 2.37. The first kappa shape index (κ1) is 31.0. The Hall–Kier alpha value is -3.39. The lowest BCUT2D eigenvalue weighted by Crippen LogP contribution is -2.62. The average Bonchev–Trinajstić information content (AvgIpc) is 3.64. The van der Waals surface area contributed by atoms with Crippen LogP contribution in [-0.4, -0.2) is 86.5 Å². The molecule has 3 aromatic rings. The first-order valence-corrected chi connectivity index (χ1v) is 14.1. The fraction of sp³-hybridized carbons (Fsp3) is 0.429. The van der Waals surface area contributed by atoms with Gasteiger partial charge in [-0.05, 0) is 49.6 Å². The number of hydrogen-bond donors (Lipinski definition) is 3. The summed E-state index contributed by atoms with van der Waals surface area (Å²) in [6.07, 6.45) is -3.74. The molecule has 15 heteroatoms. The number of halogens is 4. The second-order valence-corrected chi connectivity index (χ2v) is 11.3. The summed E-state index contributed by atoms with van der Waals surface area (Å²) in [6.45, 7) is -0.710. The van der Waals surface area contributed by atoms with Gasteiger partial charge in [-0.3, -0.25) is 4.79 Å². The highest BCUT2D eigenvalue weighted by Gasteiger charge is 2.52. The van der Waals surface area contributed by atoms with Crippen molar-refractivity contribution >= 4 is 27.5 Å². The Kier molecular flexibility index (Phi) is 9.16. The van der Waals surface area contributed by atoms with Crippen molar-refractivity contribution in [3.05, 3.63) is 64.0 Å². The van der Waals surface area contributed by atoms with Crippen LogP contribution in [0.4, 0.5) is 18.9 Å². The van der Waals surface area contributed by atoms with Crippen LogP contribution in [0.1, 0.15) is 30.9 Å². The Morgan fingerprint density at radius 2 is 2.00 bits per heavy atom. The number of nitriles is 1. The van der Waals surface area contributed by atoms with Crippen molar-refractivity contribution in [3.8, 4) is 17.3 Å². The molecule has 1 saturated carbocycles. The molecular formula is C28H27BrF3N5O6. The van der Waals surface area contributed by atoms with Crippen molar-refractivity contribution in [2.24, 2.45) is 0 Å². The zero-order valence-corrected chi connectivity index (χ0v) is 24.2. The number of aliphatic hydroxyl groups is 3. The van der Waals surface area contributed by atoms with E-state index in [0.29, 0.717) is 29.4 Å². The van der Waals surface area contributed by atoms with Crippen molar-refractivity contribution in [2.45, 2.75) is 61.9 Å². The van der Waals surface area contributed by atoms with Crippen LogP contribution >= 0.6 is 15.9 Å². The number of amides is 1. The van der Waals surface area contributed by atoms with Gasteiger partial charge in [-0.15, -0.1) is 5.10 Å². The predicted molar refractivity (Wildman–Crippen MR) is 147 cm³/mol. The second-order valence-electron chi connectivity index (χ2n) is 10.3. The second kappa shape index (κ2) is 12.7. The fourth-order valence-corrected chi connectivity index (χ4v) is 6.23. The van der Waals surface area contributed by atoms with Gasteiger partial charge in [-0.25, -0.2) is 17.9 Å². The lowest BCUT2D eigenvalue weighted by molar-refractivity contribution is -0.211. The van der Waals surface area contributed by atoms with Crippen molar-refractivity contribution in [1.29, 1.82) is 5.26 Å². The molecule has 2 fully saturated rings. The molecule has 1 aromatic heterocycles. The lowest BCUT2D eigenvalue weighted by atomic mass is 9.91. The van der Waals surface area contributed by atoms with Crippen molar-refractivity contribution < 1.29 is 42.8 Å². The molecule has 1 saturated heterocycles. The van der Waals surface area contributed by atoms with E-state index in [1.807, 2.05) is 6.07 Å². The number of nitrogens with zero attached hydrogens (tertiary/aromatic N) is 5. The highest BCUT2D eigenvalue weighted by molar-refractivity contribution is 9.10. The summed E-state index contributed by atoms with van der Waals surface area (Å²) in [5.41, 5.74) is -0.0253. The van der Waals surface area contributed by atoms with E-state index >= 15 is 0 Å². The fourth-order valence-electron chi connectivity index (χ4n) is 5.75. The molecule has 11 nitrogen and oxygen atoms in total. The number of ether oxygens (including phenoxy) is 2. The summed E-state index contributed by atoms with van der Waals surface area (Å²) < 4.78 is 55.1. The molecule has 2 aliphatic rings. The number of aromatic nitrogens is 3. The lowest BCUT2D eigenvalue weighted by Gasteiger charge is -2.45. The first-order chi connectivity index (χ1) is 20.6. The molecule has 1 aliphatic carbocycles. The first-order valence-electron chi connectivity index (χ1n) is 13.3. The third kappa shape index (κ3) is 5.78. The van der Waals surface area contributed by atoms with E-state index in [1.165, 1.54) is 24.3 Å². The van der Waals surface area contributed by atoms with Crippen molar-refractivity contribution in [1.82, 2.24) is 15.0 Å². The molecule has 2 heterocycles. The van der Waals surface area contributed by atoms with Crippen LogP contribution in [0, 0.1) is 28.8 Å². The van der Waals surface area contributed by atoms with Gasteiger partial charge in [0, 0.05) is 22.8 Å². The predicted octanol–water partition coefficient (Wildman–Crippen LogP) is 2.62. The molecule has 0 radical (unpaired) electrons. The smallest absolute Gasteiger partial charge is 0.259 e. The number of carbonyl (C=O) groups excluding carboxylic acids is 1. The quantitative estimate of drug-likeness (QED) is 0.323. The maximum atomic E-state index is 14.5. The molecule has 0 bridgehead atoms. The molecular weight excluding hydrogens is 639 g/mol. The molecule has 5 rings (SSSR count). The number of carbonyl (C=O) groups is 1. The molecule has 0 unspecified atom stereocenters. The summed E-state index contributed by atoms with van der Waals surface area (Å²) in [7, 11) is 1.27. The third-order valence-electron chi connectivity index (χ3n) is 7.81.